The number of piperidine rings is 1. The summed E-state index contributed by atoms with van der Waals surface area (Å²) in [4.78, 5) is 14.0. The van der Waals surface area contributed by atoms with Gasteiger partial charge in [-0.1, -0.05) is 55.4 Å². The highest BCUT2D eigenvalue weighted by Crippen LogP contribution is 2.40. The SMILES string of the molecule is CC1=C(/C=C/C(C)=C/C=C/C(C)=C/C(=O)N2CCC(F)CC2)C(C)(C)CCC1. The van der Waals surface area contributed by atoms with Gasteiger partial charge >= 0.3 is 0 Å². The van der Waals surface area contributed by atoms with E-state index in [-0.39, 0.29) is 11.3 Å². The van der Waals surface area contributed by atoms with E-state index in [1.807, 2.05) is 19.1 Å². The molecular formula is C25H36FNO. The van der Waals surface area contributed by atoms with Gasteiger partial charge in [0.15, 0.2) is 0 Å². The van der Waals surface area contributed by atoms with Crippen LogP contribution in [0.25, 0.3) is 0 Å². The number of amides is 1. The number of halogens is 1. The van der Waals surface area contributed by atoms with Gasteiger partial charge in [-0.25, -0.2) is 4.39 Å². The molecule has 3 heteroatoms. The average Bonchev–Trinajstić information content (AvgIpc) is 2.61. The van der Waals surface area contributed by atoms with E-state index in [1.165, 1.54) is 36.0 Å². The molecule has 2 nitrogen and oxygen atoms in total. The van der Waals surface area contributed by atoms with Crippen LogP contribution >= 0.6 is 0 Å². The number of likely N-dealkylation sites (tertiary alicyclic amines) is 1. The lowest BCUT2D eigenvalue weighted by Crippen LogP contribution is -2.38. The van der Waals surface area contributed by atoms with Crippen molar-refractivity contribution in [1.82, 2.24) is 4.90 Å². The summed E-state index contributed by atoms with van der Waals surface area (Å²) < 4.78 is 13.2. The molecule has 28 heavy (non-hydrogen) atoms. The van der Waals surface area contributed by atoms with Gasteiger partial charge in [0.1, 0.15) is 6.17 Å². The van der Waals surface area contributed by atoms with Crippen molar-refractivity contribution in [3.8, 4) is 0 Å². The predicted molar refractivity (Wildman–Crippen MR) is 117 cm³/mol. The number of allylic oxidation sites excluding steroid dienone is 9. The number of carbonyl (C=O) groups excluding carboxylic acids is 1. The maximum Gasteiger partial charge on any atom is 0.246 e. The molecule has 2 aliphatic rings. The number of alkyl halides is 1. The van der Waals surface area contributed by atoms with Crippen LogP contribution in [0.4, 0.5) is 4.39 Å². The van der Waals surface area contributed by atoms with Crippen molar-refractivity contribution in [3.05, 3.63) is 58.7 Å². The van der Waals surface area contributed by atoms with Crippen LogP contribution in [0, 0.1) is 5.41 Å². The Kier molecular flexibility index (Phi) is 8.03. The van der Waals surface area contributed by atoms with Crippen molar-refractivity contribution in [2.75, 3.05) is 13.1 Å². The molecule has 1 heterocycles. The van der Waals surface area contributed by atoms with Gasteiger partial charge in [0.2, 0.25) is 5.91 Å². The van der Waals surface area contributed by atoms with E-state index in [0.29, 0.717) is 25.9 Å². The Morgan fingerprint density at radius 3 is 2.46 bits per heavy atom. The number of rotatable bonds is 5. The third-order valence-corrected chi connectivity index (χ3v) is 5.86. The molecule has 0 unspecified atom stereocenters. The summed E-state index contributed by atoms with van der Waals surface area (Å²) in [5, 5.41) is 0. The van der Waals surface area contributed by atoms with Gasteiger partial charge in [-0.2, -0.15) is 0 Å². The quantitative estimate of drug-likeness (QED) is 0.392. The molecule has 1 aliphatic heterocycles. The fraction of sp³-hybridized carbons (Fsp3) is 0.560. The van der Waals surface area contributed by atoms with E-state index in [1.54, 1.807) is 11.0 Å². The number of hydrogen-bond donors (Lipinski definition) is 0. The minimum atomic E-state index is -0.756. The zero-order valence-electron chi connectivity index (χ0n) is 18.2. The molecular weight excluding hydrogens is 349 g/mol. The highest BCUT2D eigenvalue weighted by atomic mass is 19.1. The van der Waals surface area contributed by atoms with E-state index in [0.717, 1.165) is 5.57 Å². The zero-order chi connectivity index (χ0) is 20.7. The fourth-order valence-electron chi connectivity index (χ4n) is 4.03. The van der Waals surface area contributed by atoms with Gasteiger partial charge in [0.05, 0.1) is 0 Å². The lowest BCUT2D eigenvalue weighted by atomic mass is 9.72. The largest absolute Gasteiger partial charge is 0.339 e. The van der Waals surface area contributed by atoms with E-state index in [4.69, 9.17) is 0 Å². The molecule has 1 aliphatic carbocycles. The Balaban J connectivity index is 1.94. The van der Waals surface area contributed by atoms with Gasteiger partial charge in [-0.3, -0.25) is 4.79 Å². The molecule has 1 fully saturated rings. The first-order valence-corrected chi connectivity index (χ1v) is 10.5. The van der Waals surface area contributed by atoms with Crippen LogP contribution in [0.15, 0.2) is 58.7 Å². The summed E-state index contributed by atoms with van der Waals surface area (Å²) in [5.74, 6) is -0.0170. The van der Waals surface area contributed by atoms with E-state index in [9.17, 15) is 9.18 Å². The first-order valence-electron chi connectivity index (χ1n) is 10.5. The Labute approximate surface area is 170 Å². The minimum absolute atomic E-state index is 0.0170. The Hall–Kier alpha value is -1.90. The first kappa shape index (κ1) is 22.4. The van der Waals surface area contributed by atoms with Crippen LogP contribution in [0.1, 0.15) is 66.7 Å². The molecule has 154 valence electrons. The van der Waals surface area contributed by atoms with Crippen LogP contribution < -0.4 is 0 Å². The summed E-state index contributed by atoms with van der Waals surface area (Å²) in [6.45, 7) is 12.0. The summed E-state index contributed by atoms with van der Waals surface area (Å²) in [7, 11) is 0. The van der Waals surface area contributed by atoms with Crippen molar-refractivity contribution in [1.29, 1.82) is 0 Å². The zero-order valence-corrected chi connectivity index (χ0v) is 18.2. The molecule has 0 aromatic rings. The van der Waals surface area contributed by atoms with Gasteiger partial charge in [-0.05, 0) is 69.4 Å². The summed E-state index contributed by atoms with van der Waals surface area (Å²) in [5.41, 5.74) is 5.32. The number of nitrogens with zero attached hydrogens (tertiary/aromatic N) is 1. The monoisotopic (exact) mass is 385 g/mol. The molecule has 0 bridgehead atoms. The molecule has 0 atom stereocenters. The summed E-state index contributed by atoms with van der Waals surface area (Å²) in [6.07, 6.45) is 16.0. The second-order valence-corrected chi connectivity index (χ2v) is 8.92. The predicted octanol–water partition coefficient (Wildman–Crippen LogP) is 6.48. The van der Waals surface area contributed by atoms with E-state index >= 15 is 0 Å². The van der Waals surface area contributed by atoms with Crippen LogP contribution in [0.5, 0.6) is 0 Å². The molecule has 1 amide bonds. The van der Waals surface area contributed by atoms with Gasteiger partial charge in [0.25, 0.3) is 0 Å². The summed E-state index contributed by atoms with van der Waals surface area (Å²) >= 11 is 0. The lowest BCUT2D eigenvalue weighted by molar-refractivity contribution is -0.127. The van der Waals surface area contributed by atoms with E-state index in [2.05, 4.69) is 45.9 Å². The Bertz CT molecular complexity index is 713. The molecule has 0 aromatic heterocycles. The number of carbonyl (C=O) groups is 1. The smallest absolute Gasteiger partial charge is 0.246 e. The van der Waals surface area contributed by atoms with Gasteiger partial charge in [-0.15, -0.1) is 0 Å². The van der Waals surface area contributed by atoms with Crippen molar-refractivity contribution in [2.24, 2.45) is 5.41 Å². The van der Waals surface area contributed by atoms with Crippen molar-refractivity contribution >= 4 is 5.91 Å². The van der Waals surface area contributed by atoms with Crippen LogP contribution in [-0.4, -0.2) is 30.1 Å². The van der Waals surface area contributed by atoms with Crippen molar-refractivity contribution in [2.45, 2.75) is 72.9 Å². The minimum Gasteiger partial charge on any atom is -0.339 e. The normalized spacial score (nSPS) is 22.6. The fourth-order valence-corrected chi connectivity index (χ4v) is 4.03. The highest BCUT2D eigenvalue weighted by molar-refractivity contribution is 5.88. The number of hydrogen-bond acceptors (Lipinski definition) is 1. The first-order chi connectivity index (χ1) is 13.2. The third kappa shape index (κ3) is 6.61. The van der Waals surface area contributed by atoms with Crippen molar-refractivity contribution in [3.63, 3.8) is 0 Å². The topological polar surface area (TPSA) is 20.3 Å². The van der Waals surface area contributed by atoms with Crippen LogP contribution in [0.3, 0.4) is 0 Å². The van der Waals surface area contributed by atoms with E-state index < -0.39 is 6.17 Å². The standard InChI is InChI=1S/C25H36FNO/c1-19(11-12-23-21(3)10-7-15-25(23,4)5)8-6-9-20(2)18-24(28)27-16-13-22(26)14-17-27/h6,8-9,11-12,18,22H,7,10,13-17H2,1-5H3/b9-6+,12-11+,19-8+,20-18+. The summed E-state index contributed by atoms with van der Waals surface area (Å²) in [6, 6.07) is 0. The van der Waals surface area contributed by atoms with Gasteiger partial charge < -0.3 is 4.90 Å². The molecule has 0 N–H and O–H groups in total. The second kappa shape index (κ2) is 10.0. The molecule has 0 aromatic carbocycles. The van der Waals surface area contributed by atoms with Crippen molar-refractivity contribution < 1.29 is 9.18 Å². The molecule has 2 rings (SSSR count). The second-order valence-electron chi connectivity index (χ2n) is 8.92. The molecule has 0 saturated carbocycles. The molecule has 0 radical (unpaired) electrons. The lowest BCUT2D eigenvalue weighted by Gasteiger charge is -2.32. The highest BCUT2D eigenvalue weighted by Gasteiger charge is 2.26. The van der Waals surface area contributed by atoms with Gasteiger partial charge in [0, 0.05) is 19.2 Å². The Morgan fingerprint density at radius 1 is 1.14 bits per heavy atom. The molecule has 0 spiro atoms. The third-order valence-electron chi connectivity index (χ3n) is 5.86. The molecule has 1 saturated heterocycles. The maximum absolute atomic E-state index is 13.2. The van der Waals surface area contributed by atoms with Crippen LogP contribution in [-0.2, 0) is 4.79 Å². The Morgan fingerprint density at radius 2 is 1.82 bits per heavy atom. The maximum atomic E-state index is 13.2. The average molecular weight is 386 g/mol. The van der Waals surface area contributed by atoms with Crippen LogP contribution in [0.2, 0.25) is 0 Å².